The second-order valence-corrected chi connectivity index (χ2v) is 4.90. The van der Waals surface area contributed by atoms with E-state index in [-0.39, 0.29) is 0 Å². The van der Waals surface area contributed by atoms with E-state index >= 15 is 0 Å². The van der Waals surface area contributed by atoms with Crippen LogP contribution in [0.15, 0.2) is 24.3 Å². The van der Waals surface area contributed by atoms with Crippen LogP contribution in [0.2, 0.25) is 0 Å². The molecule has 0 unspecified atom stereocenters. The van der Waals surface area contributed by atoms with Gasteiger partial charge in [0.25, 0.3) is 0 Å². The zero-order chi connectivity index (χ0) is 13.0. The molecular formula is C13H20N4S. The van der Waals surface area contributed by atoms with Gasteiger partial charge in [-0.05, 0) is 43.0 Å². The second-order valence-electron chi connectivity index (χ2n) is 4.46. The largest absolute Gasteiger partial charge is 0.376 e. The number of nitrogens with one attached hydrogen (secondary N) is 1. The molecule has 2 rings (SSSR count). The Morgan fingerprint density at radius 2 is 1.83 bits per heavy atom. The monoisotopic (exact) mass is 264 g/mol. The first kappa shape index (κ1) is 13.1. The molecule has 1 aliphatic heterocycles. The molecule has 1 fully saturated rings. The summed E-state index contributed by atoms with van der Waals surface area (Å²) in [6.07, 6.45) is 0. The maximum atomic E-state index is 5.44. The van der Waals surface area contributed by atoms with Crippen LogP contribution in [0.4, 0.5) is 11.4 Å². The van der Waals surface area contributed by atoms with Crippen molar-refractivity contribution in [3.63, 3.8) is 0 Å². The van der Waals surface area contributed by atoms with Crippen LogP contribution >= 0.6 is 12.2 Å². The van der Waals surface area contributed by atoms with Gasteiger partial charge in [-0.25, -0.2) is 0 Å². The minimum atomic E-state index is 0.305. The van der Waals surface area contributed by atoms with Crippen molar-refractivity contribution in [1.82, 2.24) is 4.90 Å². The Morgan fingerprint density at radius 3 is 2.33 bits per heavy atom. The fourth-order valence-corrected chi connectivity index (χ4v) is 2.34. The van der Waals surface area contributed by atoms with Gasteiger partial charge in [0.2, 0.25) is 0 Å². The smallest absolute Gasteiger partial charge is 0.168 e. The first-order valence-corrected chi connectivity index (χ1v) is 6.73. The van der Waals surface area contributed by atoms with Gasteiger partial charge < -0.3 is 20.9 Å². The number of anilines is 2. The van der Waals surface area contributed by atoms with Crippen molar-refractivity contribution >= 4 is 28.7 Å². The van der Waals surface area contributed by atoms with Crippen LogP contribution in [-0.2, 0) is 0 Å². The first-order valence-electron chi connectivity index (χ1n) is 6.33. The Labute approximate surface area is 114 Å². The lowest BCUT2D eigenvalue weighted by molar-refractivity contribution is 0.271. The molecule has 0 atom stereocenters. The number of likely N-dealkylation sites (N-methyl/N-ethyl adjacent to an activating group) is 1. The van der Waals surface area contributed by atoms with Crippen molar-refractivity contribution in [2.24, 2.45) is 5.73 Å². The van der Waals surface area contributed by atoms with E-state index in [0.29, 0.717) is 5.11 Å². The zero-order valence-electron chi connectivity index (χ0n) is 10.7. The Kier molecular flexibility index (Phi) is 4.38. The third-order valence-electron chi connectivity index (χ3n) is 3.32. The standard InChI is InChI=1S/C13H20N4S/c1-2-16-7-9-17(10-8-16)12-5-3-11(4-6-12)15-13(14)18/h3-6H,2,7-10H2,1H3,(H3,14,15,18). The van der Waals surface area contributed by atoms with Gasteiger partial charge in [-0.3, -0.25) is 0 Å². The molecule has 4 nitrogen and oxygen atoms in total. The predicted octanol–water partition coefficient (Wildman–Crippen LogP) is 1.48. The second kappa shape index (κ2) is 6.02. The van der Waals surface area contributed by atoms with E-state index in [4.69, 9.17) is 18.0 Å². The minimum Gasteiger partial charge on any atom is -0.376 e. The Morgan fingerprint density at radius 1 is 1.22 bits per heavy atom. The number of rotatable bonds is 3. The lowest BCUT2D eigenvalue weighted by atomic mass is 10.2. The third-order valence-corrected chi connectivity index (χ3v) is 3.42. The molecule has 0 bridgehead atoms. The average Bonchev–Trinajstić information content (AvgIpc) is 2.39. The molecule has 98 valence electrons. The quantitative estimate of drug-likeness (QED) is 0.810. The summed E-state index contributed by atoms with van der Waals surface area (Å²) in [4.78, 5) is 4.88. The summed E-state index contributed by atoms with van der Waals surface area (Å²) < 4.78 is 0. The fraction of sp³-hybridized carbons (Fsp3) is 0.462. The van der Waals surface area contributed by atoms with E-state index in [1.54, 1.807) is 0 Å². The minimum absolute atomic E-state index is 0.305. The Bertz CT molecular complexity index is 396. The van der Waals surface area contributed by atoms with Crippen molar-refractivity contribution in [3.05, 3.63) is 24.3 Å². The van der Waals surface area contributed by atoms with Gasteiger partial charge in [0.15, 0.2) is 5.11 Å². The molecule has 3 N–H and O–H groups in total. The number of nitrogens with zero attached hydrogens (tertiary/aromatic N) is 2. The van der Waals surface area contributed by atoms with E-state index in [1.165, 1.54) is 5.69 Å². The van der Waals surface area contributed by atoms with Gasteiger partial charge in [0.1, 0.15) is 0 Å². The molecule has 0 radical (unpaired) electrons. The lowest BCUT2D eigenvalue weighted by Crippen LogP contribution is -2.46. The van der Waals surface area contributed by atoms with Crippen molar-refractivity contribution in [3.8, 4) is 0 Å². The first-order chi connectivity index (χ1) is 8.69. The van der Waals surface area contributed by atoms with E-state index in [1.807, 2.05) is 12.1 Å². The topological polar surface area (TPSA) is 44.5 Å². The van der Waals surface area contributed by atoms with Crippen LogP contribution in [-0.4, -0.2) is 42.7 Å². The third kappa shape index (κ3) is 3.34. The maximum absolute atomic E-state index is 5.44. The molecule has 1 aliphatic rings. The maximum Gasteiger partial charge on any atom is 0.168 e. The van der Waals surface area contributed by atoms with Crippen LogP contribution in [0.1, 0.15) is 6.92 Å². The van der Waals surface area contributed by atoms with E-state index < -0.39 is 0 Å². The summed E-state index contributed by atoms with van der Waals surface area (Å²) in [6, 6.07) is 8.26. The summed E-state index contributed by atoms with van der Waals surface area (Å²) in [5, 5.41) is 3.24. The number of hydrogen-bond donors (Lipinski definition) is 2. The molecule has 1 saturated heterocycles. The predicted molar refractivity (Wildman–Crippen MR) is 81.2 cm³/mol. The van der Waals surface area contributed by atoms with Gasteiger partial charge >= 0.3 is 0 Å². The number of piperazine rings is 1. The van der Waals surface area contributed by atoms with Crippen LogP contribution < -0.4 is 16.0 Å². The molecule has 0 amide bonds. The summed E-state index contributed by atoms with van der Waals surface area (Å²) in [7, 11) is 0. The normalized spacial score (nSPS) is 16.6. The molecule has 1 aromatic carbocycles. The molecule has 5 heteroatoms. The molecule has 1 aromatic rings. The van der Waals surface area contributed by atoms with Crippen LogP contribution in [0.5, 0.6) is 0 Å². The molecule has 0 saturated carbocycles. The van der Waals surface area contributed by atoms with E-state index in [9.17, 15) is 0 Å². The highest BCUT2D eigenvalue weighted by Gasteiger charge is 2.15. The van der Waals surface area contributed by atoms with Gasteiger partial charge in [-0.1, -0.05) is 6.92 Å². The number of benzene rings is 1. The summed E-state index contributed by atoms with van der Waals surface area (Å²) in [5.41, 5.74) is 7.65. The van der Waals surface area contributed by atoms with Gasteiger partial charge in [-0.15, -0.1) is 0 Å². The van der Waals surface area contributed by atoms with Crippen LogP contribution in [0.25, 0.3) is 0 Å². The van der Waals surface area contributed by atoms with E-state index in [0.717, 1.165) is 38.4 Å². The molecule has 1 heterocycles. The SMILES string of the molecule is CCN1CCN(c2ccc(NC(N)=S)cc2)CC1. The fourth-order valence-electron chi connectivity index (χ4n) is 2.22. The summed E-state index contributed by atoms with van der Waals surface area (Å²) in [5.74, 6) is 0. The van der Waals surface area contributed by atoms with Crippen LogP contribution in [0, 0.1) is 0 Å². The number of nitrogens with two attached hydrogens (primary N) is 1. The lowest BCUT2D eigenvalue weighted by Gasteiger charge is -2.35. The summed E-state index contributed by atoms with van der Waals surface area (Å²) >= 11 is 4.81. The molecule has 18 heavy (non-hydrogen) atoms. The molecular weight excluding hydrogens is 244 g/mol. The Hall–Kier alpha value is -1.33. The summed E-state index contributed by atoms with van der Waals surface area (Å²) in [6.45, 7) is 7.83. The van der Waals surface area contributed by atoms with Crippen molar-refractivity contribution < 1.29 is 0 Å². The Balaban J connectivity index is 1.95. The molecule has 0 aliphatic carbocycles. The highest BCUT2D eigenvalue weighted by molar-refractivity contribution is 7.80. The van der Waals surface area contributed by atoms with Crippen LogP contribution in [0.3, 0.4) is 0 Å². The van der Waals surface area contributed by atoms with Crippen molar-refractivity contribution in [1.29, 1.82) is 0 Å². The highest BCUT2D eigenvalue weighted by atomic mass is 32.1. The number of hydrogen-bond acceptors (Lipinski definition) is 3. The van der Waals surface area contributed by atoms with Gasteiger partial charge in [0, 0.05) is 37.6 Å². The van der Waals surface area contributed by atoms with Gasteiger partial charge in [0.05, 0.1) is 0 Å². The van der Waals surface area contributed by atoms with E-state index in [2.05, 4.69) is 34.2 Å². The zero-order valence-corrected chi connectivity index (χ0v) is 11.5. The number of thiocarbonyl (C=S) groups is 1. The highest BCUT2D eigenvalue weighted by Crippen LogP contribution is 2.19. The van der Waals surface area contributed by atoms with Crippen molar-refractivity contribution in [2.45, 2.75) is 6.92 Å². The molecule has 0 spiro atoms. The average molecular weight is 264 g/mol. The molecule has 0 aromatic heterocycles. The van der Waals surface area contributed by atoms with Crippen molar-refractivity contribution in [2.75, 3.05) is 42.9 Å². The van der Waals surface area contributed by atoms with Gasteiger partial charge in [-0.2, -0.15) is 0 Å².